The highest BCUT2D eigenvalue weighted by Crippen LogP contribution is 2.29. The summed E-state index contributed by atoms with van der Waals surface area (Å²) >= 11 is 1.76. The topological polar surface area (TPSA) is 29.3 Å². The van der Waals surface area contributed by atoms with E-state index in [9.17, 15) is 0 Å². The summed E-state index contributed by atoms with van der Waals surface area (Å²) in [6.45, 7) is 6.60. The Balaban J connectivity index is 1.91. The molecule has 2 N–H and O–H groups in total. The molecule has 2 nitrogen and oxygen atoms in total. The van der Waals surface area contributed by atoms with Gasteiger partial charge in [0.25, 0.3) is 0 Å². The fourth-order valence-electron chi connectivity index (χ4n) is 1.72. The summed E-state index contributed by atoms with van der Waals surface area (Å²) in [7, 11) is 0. The summed E-state index contributed by atoms with van der Waals surface area (Å²) in [5.41, 5.74) is 8.14. The molecule has 2 rings (SSSR count). The summed E-state index contributed by atoms with van der Waals surface area (Å²) in [5, 5.41) is 4.36. The second-order valence-electron chi connectivity index (χ2n) is 4.22. The number of rotatable bonds is 6. The third kappa shape index (κ3) is 3.16. The Morgan fingerprint density at radius 3 is 2.93 bits per heavy atom. The lowest BCUT2D eigenvalue weighted by atomic mass is 10.2. The monoisotopic (exact) mass is 222 g/mol. The summed E-state index contributed by atoms with van der Waals surface area (Å²) < 4.78 is 0. The van der Waals surface area contributed by atoms with Gasteiger partial charge in [0, 0.05) is 25.7 Å². The molecular formula is C12H18N2S. The Morgan fingerprint density at radius 1 is 1.60 bits per heavy atom. The largest absolute Gasteiger partial charge is 0.327 e. The van der Waals surface area contributed by atoms with E-state index < -0.39 is 0 Å². The molecule has 0 amide bonds. The fourth-order valence-corrected chi connectivity index (χ4v) is 2.38. The second kappa shape index (κ2) is 4.92. The molecule has 1 aromatic rings. The van der Waals surface area contributed by atoms with Crippen molar-refractivity contribution in [1.82, 2.24) is 4.90 Å². The number of nitrogens with two attached hydrogens (primary N) is 1. The van der Waals surface area contributed by atoms with Crippen LogP contribution in [-0.4, -0.2) is 24.0 Å². The Hall–Kier alpha value is -0.640. The van der Waals surface area contributed by atoms with Crippen LogP contribution < -0.4 is 5.73 Å². The maximum absolute atomic E-state index is 5.59. The lowest BCUT2D eigenvalue weighted by Crippen LogP contribution is -2.29. The first-order valence-corrected chi connectivity index (χ1v) is 6.35. The van der Waals surface area contributed by atoms with Crippen molar-refractivity contribution < 1.29 is 0 Å². The van der Waals surface area contributed by atoms with Crippen molar-refractivity contribution in [3.63, 3.8) is 0 Å². The first kappa shape index (κ1) is 10.9. The van der Waals surface area contributed by atoms with Gasteiger partial charge in [-0.3, -0.25) is 4.90 Å². The van der Waals surface area contributed by atoms with Gasteiger partial charge >= 0.3 is 0 Å². The second-order valence-corrected chi connectivity index (χ2v) is 5.00. The van der Waals surface area contributed by atoms with Crippen LogP contribution in [0.4, 0.5) is 0 Å². The smallest absolute Gasteiger partial charge is 0.0248 e. The molecule has 3 heteroatoms. The van der Waals surface area contributed by atoms with Gasteiger partial charge in [-0.15, -0.1) is 0 Å². The SMILES string of the molecule is C=C(CN)CN(Cc1ccsc1)C1CC1. The summed E-state index contributed by atoms with van der Waals surface area (Å²) in [5.74, 6) is 0. The van der Waals surface area contributed by atoms with Crippen molar-refractivity contribution in [3.8, 4) is 0 Å². The third-order valence-electron chi connectivity index (χ3n) is 2.74. The van der Waals surface area contributed by atoms with Crippen molar-refractivity contribution in [2.75, 3.05) is 13.1 Å². The van der Waals surface area contributed by atoms with E-state index >= 15 is 0 Å². The van der Waals surface area contributed by atoms with Gasteiger partial charge in [-0.25, -0.2) is 0 Å². The predicted octanol–water partition coefficient (Wildman–Crippen LogP) is 2.23. The molecule has 1 heterocycles. The maximum atomic E-state index is 5.59. The Morgan fingerprint density at radius 2 is 2.40 bits per heavy atom. The summed E-state index contributed by atoms with van der Waals surface area (Å²) in [6.07, 6.45) is 2.67. The van der Waals surface area contributed by atoms with E-state index in [1.54, 1.807) is 11.3 Å². The average molecular weight is 222 g/mol. The minimum Gasteiger partial charge on any atom is -0.327 e. The highest BCUT2D eigenvalue weighted by atomic mass is 32.1. The van der Waals surface area contributed by atoms with Crippen LogP contribution >= 0.6 is 11.3 Å². The van der Waals surface area contributed by atoms with Gasteiger partial charge in [0.05, 0.1) is 0 Å². The third-order valence-corrected chi connectivity index (χ3v) is 3.48. The van der Waals surface area contributed by atoms with Gasteiger partial charge < -0.3 is 5.73 Å². The van der Waals surface area contributed by atoms with E-state index in [-0.39, 0.29) is 0 Å². The summed E-state index contributed by atoms with van der Waals surface area (Å²) in [6, 6.07) is 2.97. The highest BCUT2D eigenvalue weighted by Gasteiger charge is 2.28. The van der Waals surface area contributed by atoms with E-state index in [4.69, 9.17) is 5.73 Å². The van der Waals surface area contributed by atoms with Crippen molar-refractivity contribution in [2.45, 2.75) is 25.4 Å². The minimum absolute atomic E-state index is 0.604. The van der Waals surface area contributed by atoms with Gasteiger partial charge in [-0.2, -0.15) is 11.3 Å². The molecule has 0 atom stereocenters. The van der Waals surface area contributed by atoms with Gasteiger partial charge in [-0.1, -0.05) is 6.58 Å². The van der Waals surface area contributed by atoms with Crippen LogP contribution in [0.15, 0.2) is 29.0 Å². The fraction of sp³-hybridized carbons (Fsp3) is 0.500. The van der Waals surface area contributed by atoms with Crippen LogP contribution in [0, 0.1) is 0 Å². The predicted molar refractivity (Wildman–Crippen MR) is 65.9 cm³/mol. The Bertz CT molecular complexity index is 314. The number of hydrogen-bond donors (Lipinski definition) is 1. The molecule has 0 spiro atoms. The van der Waals surface area contributed by atoms with Crippen molar-refractivity contribution >= 4 is 11.3 Å². The molecule has 0 radical (unpaired) electrons. The first-order valence-electron chi connectivity index (χ1n) is 5.41. The molecule has 82 valence electrons. The average Bonchev–Trinajstić information content (AvgIpc) is 2.97. The molecule has 15 heavy (non-hydrogen) atoms. The van der Waals surface area contributed by atoms with Crippen LogP contribution in [0.5, 0.6) is 0 Å². The van der Waals surface area contributed by atoms with Crippen LogP contribution in [0.3, 0.4) is 0 Å². The molecule has 1 aliphatic rings. The van der Waals surface area contributed by atoms with E-state index in [0.717, 1.165) is 24.7 Å². The molecule has 1 saturated carbocycles. The van der Waals surface area contributed by atoms with Crippen molar-refractivity contribution in [3.05, 3.63) is 34.5 Å². The van der Waals surface area contributed by atoms with Crippen LogP contribution in [0.1, 0.15) is 18.4 Å². The van der Waals surface area contributed by atoms with Crippen LogP contribution in [-0.2, 0) is 6.54 Å². The molecule has 1 aromatic heterocycles. The van der Waals surface area contributed by atoms with E-state index in [1.165, 1.54) is 18.4 Å². The lowest BCUT2D eigenvalue weighted by Gasteiger charge is -2.22. The van der Waals surface area contributed by atoms with E-state index in [2.05, 4.69) is 28.3 Å². The summed E-state index contributed by atoms with van der Waals surface area (Å²) in [4.78, 5) is 2.50. The molecule has 0 saturated heterocycles. The zero-order valence-corrected chi connectivity index (χ0v) is 9.80. The zero-order chi connectivity index (χ0) is 10.7. The normalized spacial score (nSPS) is 15.9. The molecule has 1 fully saturated rings. The number of thiophene rings is 1. The maximum Gasteiger partial charge on any atom is 0.0248 e. The molecule has 0 bridgehead atoms. The standard InChI is InChI=1S/C12H18N2S/c1-10(6-13)7-14(12-2-3-12)8-11-4-5-15-9-11/h4-5,9,12H,1-3,6-8,13H2. The first-order chi connectivity index (χ1) is 7.29. The molecule has 0 unspecified atom stereocenters. The quantitative estimate of drug-likeness (QED) is 0.748. The number of nitrogens with zero attached hydrogens (tertiary/aromatic N) is 1. The molecule has 0 aromatic carbocycles. The highest BCUT2D eigenvalue weighted by molar-refractivity contribution is 7.07. The molecular weight excluding hydrogens is 204 g/mol. The van der Waals surface area contributed by atoms with Gasteiger partial charge in [-0.05, 0) is 40.8 Å². The van der Waals surface area contributed by atoms with E-state index in [0.29, 0.717) is 6.54 Å². The van der Waals surface area contributed by atoms with E-state index in [1.807, 2.05) is 0 Å². The Kier molecular flexibility index (Phi) is 3.57. The van der Waals surface area contributed by atoms with Crippen molar-refractivity contribution in [2.24, 2.45) is 5.73 Å². The van der Waals surface area contributed by atoms with Crippen molar-refractivity contribution in [1.29, 1.82) is 0 Å². The van der Waals surface area contributed by atoms with Gasteiger partial charge in [0.15, 0.2) is 0 Å². The lowest BCUT2D eigenvalue weighted by molar-refractivity contribution is 0.277. The number of hydrogen-bond acceptors (Lipinski definition) is 3. The minimum atomic E-state index is 0.604. The van der Waals surface area contributed by atoms with Crippen LogP contribution in [0.25, 0.3) is 0 Å². The molecule has 0 aliphatic heterocycles. The Labute approximate surface area is 95.4 Å². The molecule has 1 aliphatic carbocycles. The van der Waals surface area contributed by atoms with Gasteiger partial charge in [0.2, 0.25) is 0 Å². The van der Waals surface area contributed by atoms with Crippen LogP contribution in [0.2, 0.25) is 0 Å². The zero-order valence-electron chi connectivity index (χ0n) is 8.98. The van der Waals surface area contributed by atoms with Gasteiger partial charge in [0.1, 0.15) is 0 Å².